The van der Waals surface area contributed by atoms with E-state index in [0.29, 0.717) is 0 Å². The molecule has 5 nitrogen and oxygen atoms in total. The standard InChI is InChI=1S/C8H7N3O2/c12-8(13)1-5-2-9-7-4-11-10-3-6(5)7/h2-4,9H,1H2,(H,12,13). The summed E-state index contributed by atoms with van der Waals surface area (Å²) in [5, 5.41) is 16.8. The van der Waals surface area contributed by atoms with Gasteiger partial charge in [0.2, 0.25) is 0 Å². The maximum absolute atomic E-state index is 10.5. The van der Waals surface area contributed by atoms with E-state index < -0.39 is 5.97 Å². The fourth-order valence-electron chi connectivity index (χ4n) is 1.24. The molecule has 0 bridgehead atoms. The van der Waals surface area contributed by atoms with E-state index in [4.69, 9.17) is 5.11 Å². The summed E-state index contributed by atoms with van der Waals surface area (Å²) in [7, 11) is 0. The van der Waals surface area contributed by atoms with E-state index in [2.05, 4.69) is 15.2 Å². The third kappa shape index (κ3) is 1.35. The highest BCUT2D eigenvalue weighted by Gasteiger charge is 2.06. The van der Waals surface area contributed by atoms with Gasteiger partial charge in [0.25, 0.3) is 0 Å². The van der Waals surface area contributed by atoms with Crippen LogP contribution in [0.25, 0.3) is 10.9 Å². The van der Waals surface area contributed by atoms with Crippen molar-refractivity contribution in [3.8, 4) is 0 Å². The van der Waals surface area contributed by atoms with Crippen LogP contribution in [-0.4, -0.2) is 26.3 Å². The van der Waals surface area contributed by atoms with Gasteiger partial charge in [-0.3, -0.25) is 4.79 Å². The lowest BCUT2D eigenvalue weighted by Crippen LogP contribution is -1.98. The number of nitrogens with zero attached hydrogens (tertiary/aromatic N) is 2. The molecule has 0 aliphatic rings. The first-order valence-corrected chi connectivity index (χ1v) is 3.76. The highest BCUT2D eigenvalue weighted by molar-refractivity contribution is 5.85. The second-order valence-electron chi connectivity index (χ2n) is 2.70. The van der Waals surface area contributed by atoms with Crippen LogP contribution in [0.5, 0.6) is 0 Å². The smallest absolute Gasteiger partial charge is 0.307 e. The van der Waals surface area contributed by atoms with Crippen molar-refractivity contribution in [2.24, 2.45) is 0 Å². The molecule has 0 aliphatic carbocycles. The van der Waals surface area contributed by atoms with E-state index in [9.17, 15) is 4.79 Å². The van der Waals surface area contributed by atoms with Crippen molar-refractivity contribution in [2.75, 3.05) is 0 Å². The molecule has 0 amide bonds. The third-order valence-corrected chi connectivity index (χ3v) is 1.82. The summed E-state index contributed by atoms with van der Waals surface area (Å²) in [6.07, 6.45) is 4.80. The normalized spacial score (nSPS) is 10.5. The summed E-state index contributed by atoms with van der Waals surface area (Å²) in [5.41, 5.74) is 1.55. The Morgan fingerprint density at radius 1 is 1.46 bits per heavy atom. The van der Waals surface area contributed by atoms with E-state index in [1.54, 1.807) is 18.6 Å². The summed E-state index contributed by atoms with van der Waals surface area (Å²) < 4.78 is 0. The summed E-state index contributed by atoms with van der Waals surface area (Å²) in [5.74, 6) is -0.849. The second kappa shape index (κ2) is 2.85. The number of carboxylic acid groups (broad SMARTS) is 1. The molecule has 2 N–H and O–H groups in total. The fourth-order valence-corrected chi connectivity index (χ4v) is 1.24. The van der Waals surface area contributed by atoms with Crippen molar-refractivity contribution < 1.29 is 9.90 Å². The fraction of sp³-hybridized carbons (Fsp3) is 0.125. The minimum Gasteiger partial charge on any atom is -0.481 e. The molecule has 0 fully saturated rings. The van der Waals surface area contributed by atoms with Crippen LogP contribution in [0.1, 0.15) is 5.56 Å². The molecule has 5 heteroatoms. The monoisotopic (exact) mass is 177 g/mol. The number of aliphatic carboxylic acids is 1. The third-order valence-electron chi connectivity index (χ3n) is 1.82. The number of carbonyl (C=O) groups is 1. The summed E-state index contributed by atoms with van der Waals surface area (Å²) >= 11 is 0. The van der Waals surface area contributed by atoms with Crippen LogP contribution in [0.2, 0.25) is 0 Å². The largest absolute Gasteiger partial charge is 0.481 e. The maximum Gasteiger partial charge on any atom is 0.307 e. The van der Waals surface area contributed by atoms with Gasteiger partial charge in [0.1, 0.15) is 0 Å². The molecule has 2 aromatic rings. The first kappa shape index (κ1) is 7.72. The van der Waals surface area contributed by atoms with Crippen molar-refractivity contribution in [3.05, 3.63) is 24.2 Å². The van der Waals surface area contributed by atoms with Crippen LogP contribution in [0, 0.1) is 0 Å². The van der Waals surface area contributed by atoms with Crippen molar-refractivity contribution in [1.29, 1.82) is 0 Å². The number of aromatic nitrogens is 3. The van der Waals surface area contributed by atoms with E-state index in [-0.39, 0.29) is 6.42 Å². The lowest BCUT2D eigenvalue weighted by Gasteiger charge is -1.91. The molecule has 0 radical (unpaired) electrons. The average molecular weight is 177 g/mol. The van der Waals surface area contributed by atoms with Crippen molar-refractivity contribution in [3.63, 3.8) is 0 Å². The topological polar surface area (TPSA) is 78.9 Å². The number of H-pyrrole nitrogens is 1. The Morgan fingerprint density at radius 2 is 2.23 bits per heavy atom. The predicted octanol–water partition coefficient (Wildman–Crippen LogP) is 0.585. The van der Waals surface area contributed by atoms with Crippen molar-refractivity contribution in [2.45, 2.75) is 6.42 Å². The number of hydrogen-bond donors (Lipinski definition) is 2. The van der Waals surface area contributed by atoms with Gasteiger partial charge in [-0.1, -0.05) is 0 Å². The first-order valence-electron chi connectivity index (χ1n) is 3.76. The van der Waals surface area contributed by atoms with Crippen LogP contribution in [0.15, 0.2) is 18.6 Å². The number of fused-ring (bicyclic) bond motifs is 1. The minimum absolute atomic E-state index is 0.00565. The van der Waals surface area contributed by atoms with Gasteiger partial charge < -0.3 is 10.1 Å². The van der Waals surface area contributed by atoms with E-state index in [1.807, 2.05) is 0 Å². The van der Waals surface area contributed by atoms with Crippen LogP contribution in [-0.2, 0) is 11.2 Å². The Bertz CT molecular complexity index is 449. The van der Waals surface area contributed by atoms with Crippen molar-refractivity contribution >= 4 is 16.9 Å². The summed E-state index contributed by atoms with van der Waals surface area (Å²) in [6.45, 7) is 0. The molecular weight excluding hydrogens is 170 g/mol. The van der Waals surface area contributed by atoms with Gasteiger partial charge in [0.15, 0.2) is 0 Å². The van der Waals surface area contributed by atoms with E-state index in [1.165, 1.54) is 0 Å². The van der Waals surface area contributed by atoms with Gasteiger partial charge in [0, 0.05) is 11.6 Å². The lowest BCUT2D eigenvalue weighted by atomic mass is 10.2. The van der Waals surface area contributed by atoms with Crippen LogP contribution in [0.3, 0.4) is 0 Å². The zero-order valence-corrected chi connectivity index (χ0v) is 6.69. The molecule has 13 heavy (non-hydrogen) atoms. The Kier molecular flexibility index (Phi) is 1.70. The molecule has 66 valence electrons. The molecule has 0 aromatic carbocycles. The molecule has 2 aromatic heterocycles. The lowest BCUT2D eigenvalue weighted by molar-refractivity contribution is -0.136. The molecule has 0 unspecified atom stereocenters. The number of carboxylic acids is 1. The van der Waals surface area contributed by atoms with Gasteiger partial charge >= 0.3 is 5.97 Å². The Hall–Kier alpha value is -1.91. The average Bonchev–Trinajstić information content (AvgIpc) is 2.48. The zero-order valence-electron chi connectivity index (χ0n) is 6.69. The molecule has 2 heterocycles. The molecular formula is C8H7N3O2. The second-order valence-corrected chi connectivity index (χ2v) is 2.70. The molecule has 2 rings (SSSR count). The predicted molar refractivity (Wildman–Crippen MR) is 45.2 cm³/mol. The summed E-state index contributed by atoms with van der Waals surface area (Å²) in [6, 6.07) is 0. The van der Waals surface area contributed by atoms with Gasteiger partial charge in [-0.05, 0) is 5.56 Å². The first-order chi connectivity index (χ1) is 6.27. The molecule has 0 spiro atoms. The zero-order chi connectivity index (χ0) is 9.26. The Morgan fingerprint density at radius 3 is 3.00 bits per heavy atom. The Balaban J connectivity index is 2.51. The molecule has 0 aliphatic heterocycles. The highest BCUT2D eigenvalue weighted by atomic mass is 16.4. The summed E-state index contributed by atoms with van der Waals surface area (Å²) in [4.78, 5) is 13.4. The van der Waals surface area contributed by atoms with Crippen LogP contribution < -0.4 is 0 Å². The molecule has 0 saturated carbocycles. The minimum atomic E-state index is -0.849. The molecule has 0 atom stereocenters. The van der Waals surface area contributed by atoms with Crippen LogP contribution >= 0.6 is 0 Å². The van der Waals surface area contributed by atoms with Gasteiger partial charge in [-0.15, -0.1) is 0 Å². The quantitative estimate of drug-likeness (QED) is 0.703. The number of aromatic amines is 1. The number of nitrogens with one attached hydrogen (secondary N) is 1. The van der Waals surface area contributed by atoms with E-state index in [0.717, 1.165) is 16.5 Å². The highest BCUT2D eigenvalue weighted by Crippen LogP contribution is 2.15. The van der Waals surface area contributed by atoms with Gasteiger partial charge in [-0.25, -0.2) is 0 Å². The van der Waals surface area contributed by atoms with Gasteiger partial charge in [-0.2, -0.15) is 10.2 Å². The number of rotatable bonds is 2. The van der Waals surface area contributed by atoms with E-state index >= 15 is 0 Å². The van der Waals surface area contributed by atoms with Crippen LogP contribution in [0.4, 0.5) is 0 Å². The molecule has 0 saturated heterocycles. The Labute approximate surface area is 73.4 Å². The maximum atomic E-state index is 10.5. The van der Waals surface area contributed by atoms with Crippen molar-refractivity contribution in [1.82, 2.24) is 15.2 Å². The SMILES string of the molecule is O=C(O)Cc1c[nH]c2cnncc12. The van der Waals surface area contributed by atoms with Gasteiger partial charge in [0.05, 0.1) is 24.3 Å². The number of hydrogen-bond acceptors (Lipinski definition) is 3.